The van der Waals surface area contributed by atoms with Crippen molar-refractivity contribution in [3.05, 3.63) is 66.2 Å². The van der Waals surface area contributed by atoms with E-state index in [1.54, 1.807) is 6.07 Å². The number of aryl methyl sites for hydroxylation is 1. The van der Waals surface area contributed by atoms with Crippen LogP contribution in [0.2, 0.25) is 0 Å². The van der Waals surface area contributed by atoms with Gasteiger partial charge in [-0.05, 0) is 35.4 Å². The van der Waals surface area contributed by atoms with Crippen LogP contribution in [-0.4, -0.2) is 14.7 Å². The van der Waals surface area contributed by atoms with Crippen molar-refractivity contribution in [1.29, 1.82) is 0 Å². The molecule has 1 aromatic heterocycles. The Morgan fingerprint density at radius 3 is 2.00 bits per heavy atom. The van der Waals surface area contributed by atoms with Crippen LogP contribution in [0.4, 0.5) is 5.95 Å². The Morgan fingerprint density at radius 2 is 1.29 bits per heavy atom. The molecule has 1 heterocycles. The normalized spacial score (nSPS) is 11.5. The lowest BCUT2D eigenvalue weighted by molar-refractivity contribution is 0.470. The molecular weight excluding hydrogens is 466 g/mol. The van der Waals surface area contributed by atoms with Gasteiger partial charge in [-0.2, -0.15) is 0 Å². The van der Waals surface area contributed by atoms with Crippen LogP contribution in [0.25, 0.3) is 21.8 Å². The van der Waals surface area contributed by atoms with Crippen molar-refractivity contribution in [2.24, 2.45) is 0 Å². The van der Waals surface area contributed by atoms with E-state index in [9.17, 15) is 5.11 Å². The lowest BCUT2D eigenvalue weighted by atomic mass is 10.0. The lowest BCUT2D eigenvalue weighted by Crippen LogP contribution is -2.08. The summed E-state index contributed by atoms with van der Waals surface area (Å²) in [6.45, 7) is 3.79. The lowest BCUT2D eigenvalue weighted by Gasteiger charge is -2.13. The first-order chi connectivity index (χ1) is 18.8. The predicted octanol–water partition coefficient (Wildman–Crippen LogP) is 9.99. The Morgan fingerprint density at radius 1 is 0.684 bits per heavy atom. The van der Waals surface area contributed by atoms with E-state index in [4.69, 9.17) is 4.98 Å². The molecule has 38 heavy (non-hydrogen) atoms. The summed E-state index contributed by atoms with van der Waals surface area (Å²) in [6.07, 6.45) is 19.2. The molecule has 0 spiro atoms. The van der Waals surface area contributed by atoms with Gasteiger partial charge < -0.3 is 15.0 Å². The van der Waals surface area contributed by atoms with Gasteiger partial charge in [0.2, 0.25) is 5.95 Å². The van der Waals surface area contributed by atoms with Crippen LogP contribution in [0.1, 0.15) is 102 Å². The van der Waals surface area contributed by atoms with Gasteiger partial charge in [-0.25, -0.2) is 4.98 Å². The zero-order valence-electron chi connectivity index (χ0n) is 23.4. The molecule has 0 fully saturated rings. The van der Waals surface area contributed by atoms with Crippen LogP contribution < -0.4 is 5.32 Å². The SMILES string of the molecule is CCCCCCCCCCCCCCCCn1c(NCc2c(O)ccc3ccccc23)nc2ccccc21. The Bertz CT molecular complexity index is 1250. The molecular formula is C34H47N3O. The third-order valence-electron chi connectivity index (χ3n) is 7.83. The van der Waals surface area contributed by atoms with E-state index < -0.39 is 0 Å². The summed E-state index contributed by atoms with van der Waals surface area (Å²) in [5, 5.41) is 16.3. The number of hydrogen-bond acceptors (Lipinski definition) is 3. The number of phenols is 1. The molecule has 2 N–H and O–H groups in total. The molecule has 0 saturated carbocycles. The van der Waals surface area contributed by atoms with Gasteiger partial charge in [0, 0.05) is 18.7 Å². The summed E-state index contributed by atoms with van der Waals surface area (Å²) in [5.74, 6) is 1.21. The van der Waals surface area contributed by atoms with E-state index in [0.717, 1.165) is 40.8 Å². The zero-order chi connectivity index (χ0) is 26.4. The van der Waals surface area contributed by atoms with Gasteiger partial charge in [-0.15, -0.1) is 0 Å². The molecule has 0 aliphatic carbocycles. The molecule has 0 unspecified atom stereocenters. The minimum Gasteiger partial charge on any atom is -0.508 e. The number of imidazole rings is 1. The number of aromatic nitrogens is 2. The van der Waals surface area contributed by atoms with Crippen LogP contribution in [-0.2, 0) is 13.1 Å². The molecule has 0 atom stereocenters. The maximum absolute atomic E-state index is 10.6. The van der Waals surface area contributed by atoms with Crippen LogP contribution in [0.15, 0.2) is 60.7 Å². The first-order valence-electron chi connectivity index (χ1n) is 15.2. The van der Waals surface area contributed by atoms with Crippen molar-refractivity contribution in [3.8, 4) is 5.75 Å². The average molecular weight is 514 g/mol. The van der Waals surface area contributed by atoms with Crippen LogP contribution in [0.5, 0.6) is 5.75 Å². The summed E-state index contributed by atoms with van der Waals surface area (Å²) >= 11 is 0. The molecule has 0 aliphatic heterocycles. The van der Waals surface area contributed by atoms with Gasteiger partial charge in [-0.1, -0.05) is 133 Å². The van der Waals surface area contributed by atoms with Crippen LogP contribution in [0.3, 0.4) is 0 Å². The van der Waals surface area contributed by atoms with Crippen molar-refractivity contribution in [1.82, 2.24) is 9.55 Å². The van der Waals surface area contributed by atoms with Gasteiger partial charge in [-0.3, -0.25) is 0 Å². The molecule has 4 rings (SSSR count). The Balaban J connectivity index is 1.22. The standard InChI is InChI=1S/C34H47N3O/c1-2-3-4-5-6-7-8-9-10-11-12-13-14-19-26-37-32-23-18-17-22-31(32)36-34(37)35-27-30-29-21-16-15-20-28(29)24-25-33(30)38/h15-18,20-25,38H,2-14,19,26-27H2,1H3,(H,35,36). The molecule has 0 saturated heterocycles. The summed E-state index contributed by atoms with van der Waals surface area (Å²) in [6, 6.07) is 20.4. The molecule has 3 aromatic carbocycles. The Hall–Kier alpha value is -3.01. The Labute approximate surface area is 229 Å². The number of fused-ring (bicyclic) bond motifs is 2. The highest BCUT2D eigenvalue weighted by atomic mass is 16.3. The van der Waals surface area contributed by atoms with Crippen molar-refractivity contribution in [3.63, 3.8) is 0 Å². The molecule has 0 radical (unpaired) electrons. The number of aromatic hydroxyl groups is 1. The fourth-order valence-corrected chi connectivity index (χ4v) is 5.58. The highest BCUT2D eigenvalue weighted by Crippen LogP contribution is 2.29. The van der Waals surface area contributed by atoms with Crippen molar-refractivity contribution < 1.29 is 5.11 Å². The fraction of sp³-hybridized carbons (Fsp3) is 0.500. The van der Waals surface area contributed by atoms with Crippen LogP contribution >= 0.6 is 0 Å². The van der Waals surface area contributed by atoms with Crippen molar-refractivity contribution in [2.45, 2.75) is 110 Å². The number of hydrogen-bond donors (Lipinski definition) is 2. The highest BCUT2D eigenvalue weighted by Gasteiger charge is 2.12. The number of rotatable bonds is 18. The number of unbranched alkanes of at least 4 members (excludes halogenated alkanes) is 13. The number of benzene rings is 3. The number of para-hydroxylation sites is 2. The molecule has 0 aliphatic rings. The number of phenolic OH excluding ortho intramolecular Hbond substituents is 1. The minimum atomic E-state index is 0.325. The van der Waals surface area contributed by atoms with E-state index in [0.29, 0.717) is 12.3 Å². The summed E-state index contributed by atoms with van der Waals surface area (Å²) in [7, 11) is 0. The molecule has 4 heteroatoms. The first kappa shape index (κ1) is 28.0. The van der Waals surface area contributed by atoms with Gasteiger partial charge in [0.05, 0.1) is 11.0 Å². The topological polar surface area (TPSA) is 50.1 Å². The van der Waals surface area contributed by atoms with Gasteiger partial charge in [0.25, 0.3) is 0 Å². The number of anilines is 1. The summed E-state index contributed by atoms with van der Waals surface area (Å²) < 4.78 is 2.32. The minimum absolute atomic E-state index is 0.325. The van der Waals surface area contributed by atoms with E-state index in [2.05, 4.69) is 47.1 Å². The van der Waals surface area contributed by atoms with Gasteiger partial charge >= 0.3 is 0 Å². The maximum Gasteiger partial charge on any atom is 0.204 e. The summed E-state index contributed by atoms with van der Waals surface area (Å²) in [5.41, 5.74) is 3.10. The second-order valence-electron chi connectivity index (χ2n) is 10.8. The second-order valence-corrected chi connectivity index (χ2v) is 10.8. The first-order valence-corrected chi connectivity index (χ1v) is 15.2. The Kier molecular flexibility index (Phi) is 11.4. The summed E-state index contributed by atoms with van der Waals surface area (Å²) in [4.78, 5) is 4.89. The molecule has 0 amide bonds. The molecule has 4 nitrogen and oxygen atoms in total. The van der Waals surface area contributed by atoms with Crippen LogP contribution in [0, 0.1) is 0 Å². The van der Waals surface area contributed by atoms with E-state index in [1.165, 1.54) is 89.0 Å². The molecule has 4 aromatic rings. The largest absolute Gasteiger partial charge is 0.508 e. The molecule has 0 bridgehead atoms. The second kappa shape index (κ2) is 15.4. The zero-order valence-corrected chi connectivity index (χ0v) is 23.4. The van der Waals surface area contributed by atoms with Crippen molar-refractivity contribution in [2.75, 3.05) is 5.32 Å². The average Bonchev–Trinajstić information content (AvgIpc) is 3.30. The highest BCUT2D eigenvalue weighted by molar-refractivity contribution is 5.88. The van der Waals surface area contributed by atoms with E-state index in [-0.39, 0.29) is 0 Å². The third kappa shape index (κ3) is 7.99. The monoisotopic (exact) mass is 513 g/mol. The number of nitrogens with zero attached hydrogens (tertiary/aromatic N) is 2. The van der Waals surface area contributed by atoms with E-state index >= 15 is 0 Å². The quantitative estimate of drug-likeness (QED) is 0.130. The fourth-order valence-electron chi connectivity index (χ4n) is 5.58. The smallest absolute Gasteiger partial charge is 0.204 e. The van der Waals surface area contributed by atoms with Crippen molar-refractivity contribution >= 4 is 27.8 Å². The molecule has 204 valence electrons. The number of nitrogens with one attached hydrogen (secondary N) is 1. The maximum atomic E-state index is 10.6. The predicted molar refractivity (Wildman–Crippen MR) is 163 cm³/mol. The van der Waals surface area contributed by atoms with E-state index in [1.807, 2.05) is 24.3 Å². The van der Waals surface area contributed by atoms with Gasteiger partial charge in [0.1, 0.15) is 5.75 Å². The third-order valence-corrected chi connectivity index (χ3v) is 7.83. The van der Waals surface area contributed by atoms with Gasteiger partial charge in [0.15, 0.2) is 0 Å².